The fourth-order valence-corrected chi connectivity index (χ4v) is 1.96. The van der Waals surface area contributed by atoms with Crippen LogP contribution in [0.4, 0.5) is 0 Å². The third-order valence-electron chi connectivity index (χ3n) is 2.97. The quantitative estimate of drug-likeness (QED) is 0.347. The van der Waals surface area contributed by atoms with Crippen LogP contribution < -0.4 is 0 Å². The van der Waals surface area contributed by atoms with Crippen molar-refractivity contribution in [3.05, 3.63) is 0 Å². The molecule has 0 saturated carbocycles. The van der Waals surface area contributed by atoms with Crippen molar-refractivity contribution in [3.63, 3.8) is 0 Å². The van der Waals surface area contributed by atoms with Crippen LogP contribution in [-0.4, -0.2) is 26.3 Å². The Morgan fingerprint density at radius 3 is 2.11 bits per heavy atom. The number of carbonyl (C=O) groups excluding carboxylic acids is 1. The molecule has 0 rings (SSSR count). The van der Waals surface area contributed by atoms with E-state index in [2.05, 4.69) is 6.92 Å². The van der Waals surface area contributed by atoms with E-state index in [0.717, 1.165) is 38.7 Å². The predicted octanol–water partition coefficient (Wildman–Crippen LogP) is 4.10. The summed E-state index contributed by atoms with van der Waals surface area (Å²) >= 11 is 0. The summed E-state index contributed by atoms with van der Waals surface area (Å²) in [7, 11) is 1.64. The molecule has 18 heavy (non-hydrogen) atoms. The smallest absolute Gasteiger partial charge is 0.146 e. The Labute approximate surface area is 112 Å². The van der Waals surface area contributed by atoms with Gasteiger partial charge in [-0.2, -0.15) is 0 Å². The van der Waals surface area contributed by atoms with Crippen molar-refractivity contribution in [3.8, 4) is 0 Å². The van der Waals surface area contributed by atoms with Gasteiger partial charge in [0.2, 0.25) is 0 Å². The maximum atomic E-state index is 11.3. The molecule has 0 aromatic rings. The van der Waals surface area contributed by atoms with E-state index in [1.54, 1.807) is 7.11 Å². The van der Waals surface area contributed by atoms with Crippen molar-refractivity contribution >= 4 is 5.78 Å². The highest BCUT2D eigenvalue weighted by atomic mass is 16.7. The molecule has 0 aliphatic carbocycles. The number of hydrogen-bond acceptors (Lipinski definition) is 3. The van der Waals surface area contributed by atoms with Crippen LogP contribution in [0.3, 0.4) is 0 Å². The number of Topliss-reactive ketones (excluding diaryl/α,β-unsaturated/α-hetero) is 1. The summed E-state index contributed by atoms with van der Waals surface area (Å²) < 4.78 is 10.0. The lowest BCUT2D eigenvalue weighted by Gasteiger charge is -2.03. The average Bonchev–Trinajstić information content (AvgIpc) is 2.36. The zero-order valence-electron chi connectivity index (χ0n) is 12.2. The van der Waals surface area contributed by atoms with Crippen molar-refractivity contribution in [2.24, 2.45) is 0 Å². The molecule has 0 aliphatic heterocycles. The standard InChI is InChI=1S/C15H30O3/c1-3-11-15(16)12-9-7-5-4-6-8-10-13-18-14-17-2/h3-14H2,1-2H3. The van der Waals surface area contributed by atoms with Gasteiger partial charge in [-0.15, -0.1) is 0 Å². The zero-order chi connectivity index (χ0) is 13.5. The average molecular weight is 258 g/mol. The lowest BCUT2D eigenvalue weighted by molar-refractivity contribution is -0.119. The molecule has 108 valence electrons. The Morgan fingerprint density at radius 2 is 1.50 bits per heavy atom. The molecular weight excluding hydrogens is 228 g/mol. The van der Waals surface area contributed by atoms with Crippen molar-refractivity contribution in [1.29, 1.82) is 0 Å². The molecule has 0 aliphatic rings. The molecule has 0 bridgehead atoms. The van der Waals surface area contributed by atoms with Gasteiger partial charge in [0.05, 0.1) is 0 Å². The fraction of sp³-hybridized carbons (Fsp3) is 0.933. The summed E-state index contributed by atoms with van der Waals surface area (Å²) in [6.07, 6.45) is 11.0. The molecule has 3 nitrogen and oxygen atoms in total. The van der Waals surface area contributed by atoms with Gasteiger partial charge in [0.1, 0.15) is 12.6 Å². The first-order valence-corrected chi connectivity index (χ1v) is 7.39. The van der Waals surface area contributed by atoms with Gasteiger partial charge in [-0.3, -0.25) is 4.79 Å². The minimum atomic E-state index is 0.409. The van der Waals surface area contributed by atoms with Gasteiger partial charge in [0.15, 0.2) is 0 Å². The number of unbranched alkanes of at least 4 members (excludes halogenated alkanes) is 6. The van der Waals surface area contributed by atoms with Crippen LogP contribution in [-0.2, 0) is 14.3 Å². The molecule has 0 spiro atoms. The van der Waals surface area contributed by atoms with Crippen LogP contribution in [0.25, 0.3) is 0 Å². The third kappa shape index (κ3) is 13.7. The molecule has 0 amide bonds. The molecule has 0 radical (unpaired) electrons. The molecule has 0 saturated heterocycles. The number of rotatable bonds is 14. The highest BCUT2D eigenvalue weighted by Crippen LogP contribution is 2.09. The van der Waals surface area contributed by atoms with Gasteiger partial charge in [-0.25, -0.2) is 0 Å². The van der Waals surface area contributed by atoms with Gasteiger partial charge in [-0.1, -0.05) is 39.0 Å². The van der Waals surface area contributed by atoms with E-state index in [0.29, 0.717) is 12.6 Å². The minimum Gasteiger partial charge on any atom is -0.359 e. The van der Waals surface area contributed by atoms with Crippen molar-refractivity contribution in [2.75, 3.05) is 20.5 Å². The zero-order valence-corrected chi connectivity index (χ0v) is 12.2. The van der Waals surface area contributed by atoms with E-state index in [9.17, 15) is 4.79 Å². The second-order valence-electron chi connectivity index (χ2n) is 4.83. The molecule has 3 heteroatoms. The highest BCUT2D eigenvalue weighted by Gasteiger charge is 1.99. The van der Waals surface area contributed by atoms with Crippen LogP contribution >= 0.6 is 0 Å². The van der Waals surface area contributed by atoms with E-state index in [4.69, 9.17) is 9.47 Å². The molecule has 0 N–H and O–H groups in total. The number of ketones is 1. The number of hydrogen-bond donors (Lipinski definition) is 0. The van der Waals surface area contributed by atoms with Crippen LogP contribution in [0.2, 0.25) is 0 Å². The number of carbonyl (C=O) groups is 1. The van der Waals surface area contributed by atoms with E-state index in [1.165, 1.54) is 32.1 Å². The lowest BCUT2D eigenvalue weighted by Crippen LogP contribution is -1.98. The molecule has 0 atom stereocenters. The van der Waals surface area contributed by atoms with E-state index < -0.39 is 0 Å². The fourth-order valence-electron chi connectivity index (χ4n) is 1.96. The SMILES string of the molecule is CCCC(=O)CCCCCCCCCOCOC. The van der Waals surface area contributed by atoms with Gasteiger partial charge in [0, 0.05) is 26.6 Å². The van der Waals surface area contributed by atoms with Crippen LogP contribution in [0, 0.1) is 0 Å². The van der Waals surface area contributed by atoms with E-state index >= 15 is 0 Å². The Bertz CT molecular complexity index is 181. The number of methoxy groups -OCH3 is 1. The topological polar surface area (TPSA) is 35.5 Å². The first kappa shape index (κ1) is 17.6. The van der Waals surface area contributed by atoms with Gasteiger partial charge < -0.3 is 9.47 Å². The Balaban J connectivity index is 3.01. The molecule has 0 aromatic heterocycles. The largest absolute Gasteiger partial charge is 0.359 e. The van der Waals surface area contributed by atoms with Crippen LogP contribution in [0.5, 0.6) is 0 Å². The molecule has 0 heterocycles. The summed E-state index contributed by atoms with van der Waals surface area (Å²) in [4.78, 5) is 11.3. The van der Waals surface area contributed by atoms with Crippen molar-refractivity contribution in [2.45, 2.75) is 71.1 Å². The van der Waals surface area contributed by atoms with E-state index in [-0.39, 0.29) is 0 Å². The molecule has 0 aromatic carbocycles. The van der Waals surface area contributed by atoms with E-state index in [1.807, 2.05) is 0 Å². The van der Waals surface area contributed by atoms with Crippen molar-refractivity contribution < 1.29 is 14.3 Å². The van der Waals surface area contributed by atoms with Gasteiger partial charge in [-0.05, 0) is 19.3 Å². The summed E-state index contributed by atoms with van der Waals surface area (Å²) in [5, 5.41) is 0. The summed E-state index contributed by atoms with van der Waals surface area (Å²) in [5.74, 6) is 0.438. The van der Waals surface area contributed by atoms with Gasteiger partial charge >= 0.3 is 0 Å². The summed E-state index contributed by atoms with van der Waals surface area (Å²) in [6, 6.07) is 0. The van der Waals surface area contributed by atoms with Crippen LogP contribution in [0.1, 0.15) is 71.1 Å². The summed E-state index contributed by atoms with van der Waals surface area (Å²) in [6.45, 7) is 3.28. The van der Waals surface area contributed by atoms with Crippen LogP contribution in [0.15, 0.2) is 0 Å². The molecular formula is C15H30O3. The highest BCUT2D eigenvalue weighted by molar-refractivity contribution is 5.78. The number of ether oxygens (including phenoxy) is 2. The maximum Gasteiger partial charge on any atom is 0.146 e. The second-order valence-corrected chi connectivity index (χ2v) is 4.83. The third-order valence-corrected chi connectivity index (χ3v) is 2.97. The molecule has 0 fully saturated rings. The molecule has 0 unspecified atom stereocenters. The maximum absolute atomic E-state index is 11.3. The summed E-state index contributed by atoms with van der Waals surface area (Å²) in [5.41, 5.74) is 0. The minimum absolute atomic E-state index is 0.409. The van der Waals surface area contributed by atoms with Crippen molar-refractivity contribution in [1.82, 2.24) is 0 Å². The van der Waals surface area contributed by atoms with Gasteiger partial charge in [0.25, 0.3) is 0 Å². The first-order chi connectivity index (χ1) is 8.81. The monoisotopic (exact) mass is 258 g/mol. The Kier molecular flexibility index (Phi) is 14.3. The predicted molar refractivity (Wildman–Crippen MR) is 74.7 cm³/mol. The first-order valence-electron chi connectivity index (χ1n) is 7.39. The Morgan fingerprint density at radius 1 is 0.889 bits per heavy atom. The normalized spacial score (nSPS) is 10.8. The lowest BCUT2D eigenvalue weighted by atomic mass is 10.1. The second kappa shape index (κ2) is 14.7. The Hall–Kier alpha value is -0.410.